The zero-order chi connectivity index (χ0) is 15.1. The van der Waals surface area contributed by atoms with E-state index in [2.05, 4.69) is 29.3 Å². The van der Waals surface area contributed by atoms with Crippen molar-refractivity contribution in [2.24, 2.45) is 0 Å². The van der Waals surface area contributed by atoms with Gasteiger partial charge in [-0.15, -0.1) is 11.3 Å². The van der Waals surface area contributed by atoms with Gasteiger partial charge >= 0.3 is 0 Å². The van der Waals surface area contributed by atoms with Gasteiger partial charge < -0.3 is 4.74 Å². The lowest BCUT2D eigenvalue weighted by Gasteiger charge is -2.20. The Morgan fingerprint density at radius 3 is 2.71 bits per heavy atom. The summed E-state index contributed by atoms with van der Waals surface area (Å²) in [5, 5.41) is 2.10. The van der Waals surface area contributed by atoms with Crippen molar-refractivity contribution >= 4 is 17.1 Å². The fourth-order valence-electron chi connectivity index (χ4n) is 2.14. The predicted molar refractivity (Wildman–Crippen MR) is 87.2 cm³/mol. The molecule has 0 amide bonds. The van der Waals surface area contributed by atoms with Crippen molar-refractivity contribution in [3.05, 3.63) is 52.2 Å². The number of thiophene rings is 1. The Hall–Kier alpha value is -1.65. The fourth-order valence-corrected chi connectivity index (χ4v) is 2.89. The highest BCUT2D eigenvalue weighted by molar-refractivity contribution is 7.09. The van der Waals surface area contributed by atoms with Gasteiger partial charge in [0.2, 0.25) is 0 Å². The van der Waals surface area contributed by atoms with Gasteiger partial charge in [0.1, 0.15) is 12.4 Å². The second-order valence-electron chi connectivity index (χ2n) is 4.85. The average Bonchev–Trinajstić information content (AvgIpc) is 2.99. The second kappa shape index (κ2) is 7.96. The third-order valence-electron chi connectivity index (χ3n) is 3.34. The van der Waals surface area contributed by atoms with Crippen LogP contribution in [0.2, 0.25) is 0 Å². The summed E-state index contributed by atoms with van der Waals surface area (Å²) in [4.78, 5) is 15.2. The lowest BCUT2D eigenvalue weighted by Crippen LogP contribution is -2.27. The molecule has 4 heteroatoms. The molecule has 0 fully saturated rings. The monoisotopic (exact) mass is 303 g/mol. The molecule has 0 atom stereocenters. The first kappa shape index (κ1) is 15.7. The standard InChI is InChI=1S/C17H21NO2S/c1-3-18(13-15-7-6-12-21-15)10-11-20-17-9-5-4-8-16(17)14(2)19/h4-9,12H,3,10-11,13H2,1-2H3. The summed E-state index contributed by atoms with van der Waals surface area (Å²) in [7, 11) is 0. The maximum absolute atomic E-state index is 11.5. The fraction of sp³-hybridized carbons (Fsp3) is 0.353. The average molecular weight is 303 g/mol. The normalized spacial score (nSPS) is 10.8. The van der Waals surface area contributed by atoms with Crippen molar-refractivity contribution in [1.82, 2.24) is 4.90 Å². The Kier molecular flexibility index (Phi) is 5.96. The van der Waals surface area contributed by atoms with Crippen LogP contribution in [-0.2, 0) is 6.54 Å². The number of ketones is 1. The molecule has 0 saturated carbocycles. The molecular weight excluding hydrogens is 282 g/mol. The van der Waals surface area contributed by atoms with E-state index in [1.165, 1.54) is 4.88 Å². The van der Waals surface area contributed by atoms with Gasteiger partial charge in [-0.3, -0.25) is 9.69 Å². The molecule has 2 rings (SSSR count). The second-order valence-corrected chi connectivity index (χ2v) is 5.88. The SMILES string of the molecule is CCN(CCOc1ccccc1C(C)=O)Cc1cccs1. The Morgan fingerprint density at radius 2 is 2.05 bits per heavy atom. The van der Waals surface area contributed by atoms with Crippen LogP contribution in [-0.4, -0.2) is 30.4 Å². The van der Waals surface area contributed by atoms with E-state index in [-0.39, 0.29) is 5.78 Å². The third-order valence-corrected chi connectivity index (χ3v) is 4.20. The van der Waals surface area contributed by atoms with Crippen molar-refractivity contribution in [1.29, 1.82) is 0 Å². The number of para-hydroxylation sites is 1. The molecule has 3 nitrogen and oxygen atoms in total. The highest BCUT2D eigenvalue weighted by Crippen LogP contribution is 2.18. The van der Waals surface area contributed by atoms with Gasteiger partial charge in [0, 0.05) is 18.0 Å². The van der Waals surface area contributed by atoms with E-state index in [0.29, 0.717) is 17.9 Å². The molecule has 0 unspecified atom stereocenters. The quantitative estimate of drug-likeness (QED) is 0.694. The minimum Gasteiger partial charge on any atom is -0.491 e. The van der Waals surface area contributed by atoms with Crippen LogP contribution < -0.4 is 4.74 Å². The maximum Gasteiger partial charge on any atom is 0.163 e. The molecule has 112 valence electrons. The number of benzene rings is 1. The number of hydrogen-bond donors (Lipinski definition) is 0. The summed E-state index contributed by atoms with van der Waals surface area (Å²) in [5.41, 5.74) is 0.652. The highest BCUT2D eigenvalue weighted by Gasteiger charge is 2.09. The molecule has 0 bridgehead atoms. The predicted octanol–water partition coefficient (Wildman–Crippen LogP) is 3.85. The van der Waals surface area contributed by atoms with Crippen LogP contribution >= 0.6 is 11.3 Å². The first-order valence-electron chi connectivity index (χ1n) is 7.18. The molecule has 1 aromatic heterocycles. The lowest BCUT2D eigenvalue weighted by molar-refractivity contribution is 0.101. The molecule has 0 saturated heterocycles. The van der Waals surface area contributed by atoms with Gasteiger partial charge in [0.05, 0.1) is 5.56 Å². The van der Waals surface area contributed by atoms with E-state index in [1.807, 2.05) is 18.2 Å². The van der Waals surface area contributed by atoms with Crippen LogP contribution in [0.3, 0.4) is 0 Å². The number of nitrogens with zero attached hydrogens (tertiary/aromatic N) is 1. The Balaban J connectivity index is 1.87. The molecule has 0 spiro atoms. The van der Waals surface area contributed by atoms with Gasteiger partial charge in [-0.05, 0) is 37.0 Å². The molecule has 2 aromatic rings. The summed E-state index contributed by atoms with van der Waals surface area (Å²) >= 11 is 1.78. The maximum atomic E-state index is 11.5. The van der Waals surface area contributed by atoms with E-state index >= 15 is 0 Å². The van der Waals surface area contributed by atoms with Gasteiger partial charge in [-0.1, -0.05) is 25.1 Å². The summed E-state index contributed by atoms with van der Waals surface area (Å²) in [6.45, 7) is 7.08. The van der Waals surface area contributed by atoms with Crippen LogP contribution in [0.4, 0.5) is 0 Å². The van der Waals surface area contributed by atoms with E-state index in [0.717, 1.165) is 19.6 Å². The van der Waals surface area contributed by atoms with Crippen molar-refractivity contribution in [3.8, 4) is 5.75 Å². The molecule has 1 heterocycles. The summed E-state index contributed by atoms with van der Waals surface area (Å²) in [6.07, 6.45) is 0. The zero-order valence-corrected chi connectivity index (χ0v) is 13.4. The van der Waals surface area contributed by atoms with E-state index < -0.39 is 0 Å². The van der Waals surface area contributed by atoms with Gasteiger partial charge in [-0.25, -0.2) is 0 Å². The minimum atomic E-state index is 0.0385. The van der Waals surface area contributed by atoms with Crippen molar-refractivity contribution in [2.45, 2.75) is 20.4 Å². The summed E-state index contributed by atoms with van der Waals surface area (Å²) in [6, 6.07) is 11.6. The zero-order valence-electron chi connectivity index (χ0n) is 12.5. The van der Waals surface area contributed by atoms with Crippen LogP contribution in [0, 0.1) is 0 Å². The highest BCUT2D eigenvalue weighted by atomic mass is 32.1. The number of hydrogen-bond acceptors (Lipinski definition) is 4. The Morgan fingerprint density at radius 1 is 1.24 bits per heavy atom. The van der Waals surface area contributed by atoms with Crippen molar-refractivity contribution in [3.63, 3.8) is 0 Å². The van der Waals surface area contributed by atoms with Gasteiger partial charge in [0.15, 0.2) is 5.78 Å². The number of Topliss-reactive ketones (excluding diaryl/α,β-unsaturated/α-hetero) is 1. The molecule has 1 aromatic carbocycles. The van der Waals surface area contributed by atoms with Crippen LogP contribution in [0.25, 0.3) is 0 Å². The number of rotatable bonds is 8. The largest absolute Gasteiger partial charge is 0.491 e. The van der Waals surface area contributed by atoms with E-state index in [4.69, 9.17) is 4.74 Å². The van der Waals surface area contributed by atoms with Crippen molar-refractivity contribution in [2.75, 3.05) is 19.7 Å². The van der Waals surface area contributed by atoms with Crippen molar-refractivity contribution < 1.29 is 9.53 Å². The molecule has 0 N–H and O–H groups in total. The minimum absolute atomic E-state index is 0.0385. The molecule has 0 aliphatic rings. The molecular formula is C17H21NO2S. The third kappa shape index (κ3) is 4.69. The van der Waals surface area contributed by atoms with Crippen LogP contribution in [0.1, 0.15) is 29.1 Å². The molecule has 0 aliphatic carbocycles. The summed E-state index contributed by atoms with van der Waals surface area (Å²) < 4.78 is 5.79. The smallest absolute Gasteiger partial charge is 0.163 e. The number of ether oxygens (including phenoxy) is 1. The molecule has 0 radical (unpaired) electrons. The van der Waals surface area contributed by atoms with Crippen LogP contribution in [0.15, 0.2) is 41.8 Å². The topological polar surface area (TPSA) is 29.5 Å². The van der Waals surface area contributed by atoms with Crippen LogP contribution in [0.5, 0.6) is 5.75 Å². The van der Waals surface area contributed by atoms with Gasteiger partial charge in [0.25, 0.3) is 0 Å². The lowest BCUT2D eigenvalue weighted by atomic mass is 10.1. The molecule has 0 aliphatic heterocycles. The van der Waals surface area contributed by atoms with E-state index in [1.54, 1.807) is 24.3 Å². The first-order chi connectivity index (χ1) is 10.2. The number of carbonyl (C=O) groups is 1. The van der Waals surface area contributed by atoms with Gasteiger partial charge in [-0.2, -0.15) is 0 Å². The molecule has 21 heavy (non-hydrogen) atoms. The first-order valence-corrected chi connectivity index (χ1v) is 8.06. The Labute approximate surface area is 130 Å². The Bertz CT molecular complexity index is 566. The number of likely N-dealkylation sites (N-methyl/N-ethyl adjacent to an activating group) is 1. The summed E-state index contributed by atoms with van der Waals surface area (Å²) in [5.74, 6) is 0.716. The van der Waals surface area contributed by atoms with E-state index in [9.17, 15) is 4.79 Å². The number of carbonyl (C=O) groups excluding carboxylic acids is 1.